The monoisotopic (exact) mass is 844 g/mol. The largest absolute Gasteiger partial charge is 0.444 e. The number of aromatic nitrogens is 3. The predicted octanol–water partition coefficient (Wildman–Crippen LogP) is 8.13. The molecule has 1 aromatic carbocycles. The molecule has 3 amide bonds. The smallest absolute Gasteiger partial charge is 0.240 e. The number of likely N-dealkylation sites (tertiary alicyclic amines) is 2. The Bertz CT molecular complexity index is 1990. The number of nitrogens with zero attached hydrogens (tertiary/aromatic N) is 7. The van der Waals surface area contributed by atoms with Crippen LogP contribution in [0.15, 0.2) is 56.9 Å². The Morgan fingerprint density at radius 2 is 1.79 bits per heavy atom. The van der Waals surface area contributed by atoms with E-state index >= 15 is 0 Å². The third-order valence-corrected chi connectivity index (χ3v) is 14.2. The van der Waals surface area contributed by atoms with Crippen molar-refractivity contribution in [3.63, 3.8) is 0 Å². The first-order chi connectivity index (χ1) is 27.9. The summed E-state index contributed by atoms with van der Waals surface area (Å²) in [4.78, 5) is 59.1. The maximum absolute atomic E-state index is 13.4. The van der Waals surface area contributed by atoms with E-state index in [4.69, 9.17) is 4.42 Å². The Balaban J connectivity index is 0.890. The Labute approximate surface area is 354 Å². The molecule has 0 bridgehead atoms. The zero-order chi connectivity index (χ0) is 41.2. The first-order valence-electron chi connectivity index (χ1n) is 20.4. The highest BCUT2D eigenvalue weighted by Gasteiger charge is 2.32. The lowest BCUT2D eigenvalue weighted by atomic mass is 9.92. The van der Waals surface area contributed by atoms with Gasteiger partial charge in [-0.1, -0.05) is 69.7 Å². The highest BCUT2D eigenvalue weighted by atomic mass is 32.2. The lowest BCUT2D eigenvalue weighted by Gasteiger charge is -2.41. The quantitative estimate of drug-likeness (QED) is 0.110. The lowest BCUT2D eigenvalue weighted by Crippen LogP contribution is -2.49. The number of anilines is 1. The number of rotatable bonds is 16. The number of hydrogen-bond donors (Lipinski definition) is 1. The maximum atomic E-state index is 13.4. The van der Waals surface area contributed by atoms with Gasteiger partial charge in [0.1, 0.15) is 11.7 Å². The third kappa shape index (κ3) is 11.5. The van der Waals surface area contributed by atoms with Crippen molar-refractivity contribution in [1.29, 1.82) is 5.26 Å². The summed E-state index contributed by atoms with van der Waals surface area (Å²) in [6.45, 7) is 11.7. The highest BCUT2D eigenvalue weighted by molar-refractivity contribution is 8.00. The molecule has 0 radical (unpaired) electrons. The first kappa shape index (κ1) is 43.5. The lowest BCUT2D eigenvalue weighted by molar-refractivity contribution is -0.135. The summed E-state index contributed by atoms with van der Waals surface area (Å²) < 4.78 is 6.90. The van der Waals surface area contributed by atoms with E-state index in [0.29, 0.717) is 42.1 Å². The maximum Gasteiger partial charge on any atom is 0.240 e. The van der Waals surface area contributed by atoms with Crippen LogP contribution in [0.5, 0.6) is 0 Å². The SMILES string of the molecule is CCCC(c1ccc(CCC(=O)N2CCC(N3CCC(C(=O)Nc4ncc(SCc5ncc(C(C)(C)C)o5)s4)CC3)CC2)cc1)N(C)C(=O)C(C#N)Cc1nccs1. The number of carbonyl (C=O) groups is 3. The average Bonchev–Trinajstić information content (AvgIpc) is 4.03. The van der Waals surface area contributed by atoms with Crippen LogP contribution in [0.3, 0.4) is 0 Å². The molecular weight excluding hydrogens is 789 g/mol. The molecule has 6 rings (SSSR count). The van der Waals surface area contributed by atoms with Crippen LogP contribution in [0.2, 0.25) is 0 Å². The second kappa shape index (κ2) is 20.2. The van der Waals surface area contributed by atoms with Gasteiger partial charge in [-0.25, -0.2) is 15.0 Å². The van der Waals surface area contributed by atoms with Gasteiger partial charge < -0.3 is 24.4 Å². The van der Waals surface area contributed by atoms with E-state index < -0.39 is 5.92 Å². The van der Waals surface area contributed by atoms with E-state index in [2.05, 4.69) is 83.2 Å². The van der Waals surface area contributed by atoms with Crippen molar-refractivity contribution < 1.29 is 18.8 Å². The van der Waals surface area contributed by atoms with Gasteiger partial charge in [-0.05, 0) is 62.7 Å². The number of thiazole rings is 2. The molecule has 2 unspecified atom stereocenters. The Morgan fingerprint density at radius 1 is 1.05 bits per heavy atom. The molecule has 0 spiro atoms. The van der Waals surface area contributed by atoms with Gasteiger partial charge in [0.25, 0.3) is 0 Å². The minimum absolute atomic E-state index is 0.0358. The van der Waals surface area contributed by atoms with Gasteiger partial charge in [0.2, 0.25) is 23.6 Å². The Kier molecular flexibility index (Phi) is 15.2. The van der Waals surface area contributed by atoms with Crippen LogP contribution < -0.4 is 5.32 Å². The molecule has 2 saturated heterocycles. The molecular formula is C43H56N8O4S3. The Morgan fingerprint density at radius 3 is 2.43 bits per heavy atom. The molecule has 2 aliphatic heterocycles. The number of nitrogens with one attached hydrogen (secondary N) is 1. The van der Waals surface area contributed by atoms with Gasteiger partial charge in [0, 0.05) is 61.9 Å². The van der Waals surface area contributed by atoms with Crippen molar-refractivity contribution in [2.75, 3.05) is 38.5 Å². The fourth-order valence-corrected chi connectivity index (χ4v) is 10.1. The van der Waals surface area contributed by atoms with Crippen LogP contribution in [-0.4, -0.2) is 86.6 Å². The summed E-state index contributed by atoms with van der Waals surface area (Å²) in [6.07, 6.45) is 11.9. The molecule has 4 aromatic rings. The molecule has 2 atom stereocenters. The first-order valence-corrected chi connectivity index (χ1v) is 23.1. The van der Waals surface area contributed by atoms with Crippen molar-refractivity contribution in [2.45, 2.75) is 113 Å². The summed E-state index contributed by atoms with van der Waals surface area (Å²) in [6, 6.07) is 10.7. The zero-order valence-electron chi connectivity index (χ0n) is 34.3. The molecule has 3 aromatic heterocycles. The number of benzene rings is 1. The number of carbonyl (C=O) groups excluding carboxylic acids is 3. The molecule has 310 valence electrons. The van der Waals surface area contributed by atoms with Gasteiger partial charge in [-0.15, -0.1) is 23.1 Å². The zero-order valence-corrected chi connectivity index (χ0v) is 36.8. The minimum Gasteiger partial charge on any atom is -0.444 e. The van der Waals surface area contributed by atoms with Gasteiger partial charge >= 0.3 is 0 Å². The molecule has 0 saturated carbocycles. The van der Waals surface area contributed by atoms with Crippen molar-refractivity contribution >= 4 is 57.3 Å². The molecule has 2 aliphatic rings. The van der Waals surface area contributed by atoms with Crippen molar-refractivity contribution in [2.24, 2.45) is 11.8 Å². The highest BCUT2D eigenvalue weighted by Crippen LogP contribution is 2.33. The van der Waals surface area contributed by atoms with Gasteiger partial charge in [0.15, 0.2) is 5.13 Å². The fraction of sp³-hybridized carbons (Fsp3) is 0.558. The summed E-state index contributed by atoms with van der Waals surface area (Å²) in [5, 5.41) is 16.1. The van der Waals surface area contributed by atoms with Crippen LogP contribution >= 0.6 is 34.4 Å². The summed E-state index contributed by atoms with van der Waals surface area (Å²) >= 11 is 4.54. The number of oxazole rings is 1. The molecule has 0 aliphatic carbocycles. The van der Waals surface area contributed by atoms with Crippen LogP contribution in [0.25, 0.3) is 0 Å². The second-order valence-electron chi connectivity index (χ2n) is 16.4. The van der Waals surface area contributed by atoms with E-state index in [1.807, 2.05) is 10.3 Å². The summed E-state index contributed by atoms with van der Waals surface area (Å²) in [5.74, 6) is 1.39. The van der Waals surface area contributed by atoms with E-state index in [0.717, 1.165) is 90.8 Å². The molecule has 15 heteroatoms. The number of amides is 3. The molecule has 12 nitrogen and oxygen atoms in total. The minimum atomic E-state index is -0.772. The number of thioether (sulfide) groups is 1. The average molecular weight is 845 g/mol. The van der Waals surface area contributed by atoms with Gasteiger partial charge in [-0.2, -0.15) is 5.26 Å². The van der Waals surface area contributed by atoms with Crippen molar-refractivity contribution in [1.82, 2.24) is 29.7 Å². The molecule has 1 N–H and O–H groups in total. The molecule has 5 heterocycles. The molecule has 2 fully saturated rings. The normalized spacial score (nSPS) is 16.8. The van der Waals surface area contributed by atoms with Gasteiger partial charge in [0.05, 0.1) is 39.5 Å². The summed E-state index contributed by atoms with van der Waals surface area (Å²) in [7, 11) is 1.79. The Hall–Kier alpha value is -4.10. The number of piperidine rings is 2. The van der Waals surface area contributed by atoms with E-state index in [1.54, 1.807) is 42.3 Å². The second-order valence-corrected chi connectivity index (χ2v) is 19.6. The third-order valence-electron chi connectivity index (χ3n) is 11.3. The predicted molar refractivity (Wildman–Crippen MR) is 230 cm³/mol. The van der Waals surface area contributed by atoms with E-state index in [9.17, 15) is 19.6 Å². The van der Waals surface area contributed by atoms with Crippen LogP contribution in [0.4, 0.5) is 5.13 Å². The standard InChI is InChI=1S/C43H56N8O4S3/c1-6-7-34(49(5)41(54)32(25-44)24-37-45-18-23-56-37)30-11-8-29(9-12-30)10-13-38(52)51-21-16-33(17-22-51)50-19-14-31(15-20-50)40(53)48-42-47-27-39(58-42)57-28-36-46-26-35(55-36)43(2,3)4/h8-9,11-12,18,23,26-27,31-34H,6-7,10,13-17,19-22,24,28H2,1-5H3,(H,47,48,53). The van der Waals surface area contributed by atoms with Gasteiger partial charge in [-0.3, -0.25) is 14.4 Å². The van der Waals surface area contributed by atoms with Crippen LogP contribution in [0, 0.1) is 23.2 Å². The molecule has 58 heavy (non-hydrogen) atoms. The van der Waals surface area contributed by atoms with Crippen LogP contribution in [0.1, 0.15) is 106 Å². The fourth-order valence-electron chi connectivity index (χ4n) is 7.74. The van der Waals surface area contributed by atoms with Crippen molar-refractivity contribution in [3.05, 3.63) is 76.0 Å². The van der Waals surface area contributed by atoms with Crippen molar-refractivity contribution in [3.8, 4) is 6.07 Å². The topological polar surface area (TPSA) is 149 Å². The number of hydrogen-bond acceptors (Lipinski definition) is 12. The number of nitriles is 1. The van der Waals surface area contributed by atoms with Crippen LogP contribution in [-0.2, 0) is 38.4 Å². The van der Waals surface area contributed by atoms with E-state index in [1.165, 1.54) is 22.7 Å². The number of aryl methyl sites for hydroxylation is 1. The van der Waals surface area contributed by atoms with E-state index in [-0.39, 0.29) is 35.1 Å². The summed E-state index contributed by atoms with van der Waals surface area (Å²) in [5.41, 5.74) is 2.04.